The summed E-state index contributed by atoms with van der Waals surface area (Å²) in [4.78, 5) is 26.5. The third-order valence-electron chi connectivity index (χ3n) is 5.84. The Morgan fingerprint density at radius 1 is 1.03 bits per heavy atom. The Kier molecular flexibility index (Phi) is 5.59. The van der Waals surface area contributed by atoms with Crippen molar-refractivity contribution in [3.05, 3.63) is 83.2 Å². The van der Waals surface area contributed by atoms with E-state index in [1.165, 1.54) is 11.0 Å². The van der Waals surface area contributed by atoms with E-state index in [0.29, 0.717) is 17.7 Å². The molecule has 0 saturated carbocycles. The maximum absolute atomic E-state index is 14.4. The average Bonchev–Trinajstić information content (AvgIpc) is 3.10. The number of carbonyl (C=O) groups excluding carboxylic acids is 2. The molecule has 0 radical (unpaired) electrons. The van der Waals surface area contributed by atoms with E-state index in [1.54, 1.807) is 32.0 Å². The van der Waals surface area contributed by atoms with Crippen molar-refractivity contribution in [3.8, 4) is 22.3 Å². The molecule has 31 heavy (non-hydrogen) atoms. The Morgan fingerprint density at radius 3 is 2.48 bits per heavy atom. The lowest BCUT2D eigenvalue weighted by atomic mass is 9.91. The lowest BCUT2D eigenvalue weighted by Gasteiger charge is -2.22. The number of ether oxygens (including phenoxy) is 1. The molecule has 0 spiro atoms. The normalized spacial score (nSPS) is 13.8. The van der Waals surface area contributed by atoms with E-state index in [2.05, 4.69) is 0 Å². The van der Waals surface area contributed by atoms with Crippen LogP contribution in [0.3, 0.4) is 0 Å². The van der Waals surface area contributed by atoms with Gasteiger partial charge in [-0.25, -0.2) is 9.18 Å². The Balaban J connectivity index is 1.69. The first-order valence-electron chi connectivity index (χ1n) is 10.4. The quantitative estimate of drug-likeness (QED) is 0.524. The van der Waals surface area contributed by atoms with E-state index < -0.39 is 12.0 Å². The summed E-state index contributed by atoms with van der Waals surface area (Å²) in [5, 5.41) is 0. The number of benzene rings is 3. The molecule has 4 nitrogen and oxygen atoms in total. The molecule has 0 bridgehead atoms. The summed E-state index contributed by atoms with van der Waals surface area (Å²) in [7, 11) is 0. The monoisotopic (exact) mass is 417 g/mol. The molecule has 0 aliphatic carbocycles. The molecule has 1 unspecified atom stereocenters. The number of hydrogen-bond acceptors (Lipinski definition) is 3. The maximum Gasteiger partial charge on any atom is 0.328 e. The highest BCUT2D eigenvalue weighted by atomic mass is 19.1. The highest BCUT2D eigenvalue weighted by Crippen LogP contribution is 2.35. The van der Waals surface area contributed by atoms with E-state index >= 15 is 0 Å². The van der Waals surface area contributed by atoms with Crippen LogP contribution < -0.4 is 0 Å². The molecule has 1 aliphatic heterocycles. The zero-order valence-corrected chi connectivity index (χ0v) is 17.8. The topological polar surface area (TPSA) is 46.6 Å². The first-order chi connectivity index (χ1) is 14.9. The molecule has 1 atom stereocenters. The largest absolute Gasteiger partial charge is 0.464 e. The van der Waals surface area contributed by atoms with Crippen molar-refractivity contribution in [2.75, 3.05) is 6.61 Å². The minimum absolute atomic E-state index is 0.168. The summed E-state index contributed by atoms with van der Waals surface area (Å²) in [6, 6.07) is 17.6. The van der Waals surface area contributed by atoms with Gasteiger partial charge >= 0.3 is 5.97 Å². The first-order valence-corrected chi connectivity index (χ1v) is 10.4. The summed E-state index contributed by atoms with van der Waals surface area (Å²) in [5.41, 5.74) is 5.77. The van der Waals surface area contributed by atoms with Crippen LogP contribution >= 0.6 is 0 Å². The fraction of sp³-hybridized carbons (Fsp3) is 0.231. The van der Waals surface area contributed by atoms with Crippen molar-refractivity contribution in [3.63, 3.8) is 0 Å². The molecular weight excluding hydrogens is 393 g/mol. The van der Waals surface area contributed by atoms with Crippen LogP contribution in [0, 0.1) is 12.7 Å². The van der Waals surface area contributed by atoms with Gasteiger partial charge in [0.25, 0.3) is 5.91 Å². The predicted octanol–water partition coefficient (Wildman–Crippen LogP) is 5.38. The van der Waals surface area contributed by atoms with Crippen molar-refractivity contribution in [1.29, 1.82) is 0 Å². The summed E-state index contributed by atoms with van der Waals surface area (Å²) in [6.45, 7) is 6.04. The summed E-state index contributed by atoms with van der Waals surface area (Å²) in [6.07, 6.45) is 0. The van der Waals surface area contributed by atoms with Gasteiger partial charge in [-0.3, -0.25) is 4.79 Å². The fourth-order valence-corrected chi connectivity index (χ4v) is 4.13. The lowest BCUT2D eigenvalue weighted by molar-refractivity contribution is -0.148. The van der Waals surface area contributed by atoms with E-state index in [0.717, 1.165) is 27.8 Å². The second kappa shape index (κ2) is 8.34. The third-order valence-corrected chi connectivity index (χ3v) is 5.84. The van der Waals surface area contributed by atoms with Gasteiger partial charge < -0.3 is 9.64 Å². The van der Waals surface area contributed by atoms with Crippen molar-refractivity contribution < 1.29 is 18.7 Å². The smallest absolute Gasteiger partial charge is 0.328 e. The van der Waals surface area contributed by atoms with Crippen LogP contribution in [0.4, 0.5) is 4.39 Å². The van der Waals surface area contributed by atoms with Gasteiger partial charge in [0.2, 0.25) is 0 Å². The van der Waals surface area contributed by atoms with Crippen molar-refractivity contribution in [1.82, 2.24) is 4.90 Å². The van der Waals surface area contributed by atoms with Crippen molar-refractivity contribution >= 4 is 11.9 Å². The van der Waals surface area contributed by atoms with E-state index in [4.69, 9.17) is 4.74 Å². The molecule has 1 amide bonds. The minimum Gasteiger partial charge on any atom is -0.464 e. The molecular formula is C26H24FNO3. The van der Waals surface area contributed by atoms with Crippen molar-refractivity contribution in [2.24, 2.45) is 0 Å². The van der Waals surface area contributed by atoms with Gasteiger partial charge in [0.15, 0.2) is 0 Å². The first kappa shape index (κ1) is 20.8. The van der Waals surface area contributed by atoms with E-state index in [1.807, 2.05) is 43.3 Å². The fourth-order valence-electron chi connectivity index (χ4n) is 4.13. The van der Waals surface area contributed by atoms with Crippen molar-refractivity contribution in [2.45, 2.75) is 33.4 Å². The van der Waals surface area contributed by atoms with Crippen LogP contribution in [0.1, 0.15) is 35.3 Å². The second-order valence-electron chi connectivity index (χ2n) is 7.69. The number of hydrogen-bond donors (Lipinski definition) is 0. The number of fused-ring (bicyclic) bond motifs is 1. The van der Waals surface area contributed by atoms with Gasteiger partial charge in [-0.15, -0.1) is 0 Å². The molecule has 0 fully saturated rings. The summed E-state index contributed by atoms with van der Waals surface area (Å²) < 4.78 is 19.4. The summed E-state index contributed by atoms with van der Waals surface area (Å²) in [5.74, 6) is -0.831. The highest BCUT2D eigenvalue weighted by Gasteiger charge is 2.34. The predicted molar refractivity (Wildman–Crippen MR) is 118 cm³/mol. The Morgan fingerprint density at radius 2 is 1.74 bits per heavy atom. The number of carbonyl (C=O) groups is 2. The molecule has 0 N–H and O–H groups in total. The summed E-state index contributed by atoms with van der Waals surface area (Å²) >= 11 is 0. The van der Waals surface area contributed by atoms with Gasteiger partial charge in [0, 0.05) is 17.7 Å². The van der Waals surface area contributed by atoms with Crippen LogP contribution in [-0.2, 0) is 16.1 Å². The van der Waals surface area contributed by atoms with Crippen LogP contribution in [-0.4, -0.2) is 29.4 Å². The number of rotatable bonds is 5. The Bertz CT molecular complexity index is 1170. The van der Waals surface area contributed by atoms with Gasteiger partial charge in [-0.05, 0) is 66.8 Å². The number of halogens is 1. The third kappa shape index (κ3) is 3.72. The molecule has 5 heteroatoms. The Labute approximate surface area is 181 Å². The average molecular weight is 417 g/mol. The van der Waals surface area contributed by atoms with Crippen LogP contribution in [0.2, 0.25) is 0 Å². The molecule has 0 aromatic heterocycles. The zero-order valence-electron chi connectivity index (χ0n) is 17.8. The number of amides is 1. The van der Waals surface area contributed by atoms with Gasteiger partial charge in [0.1, 0.15) is 11.9 Å². The van der Waals surface area contributed by atoms with Crippen LogP contribution in [0.25, 0.3) is 22.3 Å². The second-order valence-corrected chi connectivity index (χ2v) is 7.69. The van der Waals surface area contributed by atoms with Gasteiger partial charge in [-0.2, -0.15) is 0 Å². The highest BCUT2D eigenvalue weighted by molar-refractivity contribution is 6.01. The van der Waals surface area contributed by atoms with Crippen LogP contribution in [0.5, 0.6) is 0 Å². The molecule has 1 aliphatic rings. The lowest BCUT2D eigenvalue weighted by Crippen LogP contribution is -2.40. The van der Waals surface area contributed by atoms with Crippen LogP contribution in [0.15, 0.2) is 60.7 Å². The standard InChI is InChI=1S/C26H24FNO3/c1-4-31-26(30)17(3)28-15-19-14-18(12-13-22(19)25(28)29)20-9-7-10-21(16(20)2)23-8-5-6-11-24(23)27/h5-14,17H,4,15H2,1-3H3. The molecule has 0 saturated heterocycles. The molecule has 158 valence electrons. The Hall–Kier alpha value is -3.47. The molecule has 4 rings (SSSR count). The maximum atomic E-state index is 14.4. The number of esters is 1. The van der Waals surface area contributed by atoms with Gasteiger partial charge in [0.05, 0.1) is 6.61 Å². The molecule has 1 heterocycles. The zero-order chi connectivity index (χ0) is 22.1. The van der Waals surface area contributed by atoms with Gasteiger partial charge in [-0.1, -0.05) is 42.5 Å². The number of nitrogens with zero attached hydrogens (tertiary/aromatic N) is 1. The van der Waals surface area contributed by atoms with E-state index in [-0.39, 0.29) is 18.3 Å². The van der Waals surface area contributed by atoms with E-state index in [9.17, 15) is 14.0 Å². The minimum atomic E-state index is -0.644. The SMILES string of the molecule is CCOC(=O)C(C)N1Cc2cc(-c3cccc(-c4ccccc4F)c3C)ccc2C1=O. The molecule has 3 aromatic carbocycles. The molecule has 3 aromatic rings.